The van der Waals surface area contributed by atoms with Crippen molar-refractivity contribution in [3.63, 3.8) is 0 Å². The van der Waals surface area contributed by atoms with E-state index in [0.717, 1.165) is 0 Å². The second kappa shape index (κ2) is 6.02. The van der Waals surface area contributed by atoms with Gasteiger partial charge in [0.25, 0.3) is 5.91 Å². The summed E-state index contributed by atoms with van der Waals surface area (Å²) in [6.07, 6.45) is 1.44. The van der Waals surface area contributed by atoms with Gasteiger partial charge in [-0.1, -0.05) is 11.6 Å². The van der Waals surface area contributed by atoms with Crippen LogP contribution in [0.3, 0.4) is 0 Å². The molecule has 0 saturated heterocycles. The number of aliphatic imine (C=N–C) groups is 1. The summed E-state index contributed by atoms with van der Waals surface area (Å²) in [5.41, 5.74) is 0.407. The summed E-state index contributed by atoms with van der Waals surface area (Å²) < 4.78 is 5.64. The summed E-state index contributed by atoms with van der Waals surface area (Å²) in [6.45, 7) is 0. The molecule has 0 N–H and O–H groups in total. The second-order valence-electron chi connectivity index (χ2n) is 3.48. The first-order chi connectivity index (χ1) is 7.95. The Labute approximate surface area is 113 Å². The first-order valence-electron chi connectivity index (χ1n) is 4.73. The van der Waals surface area contributed by atoms with E-state index in [4.69, 9.17) is 16.3 Å². The van der Waals surface area contributed by atoms with Gasteiger partial charge in [0.2, 0.25) is 0 Å². The van der Waals surface area contributed by atoms with Gasteiger partial charge in [0.1, 0.15) is 5.75 Å². The molecule has 0 aromatic heterocycles. The Morgan fingerprint density at radius 2 is 2.18 bits per heavy atom. The minimum atomic E-state index is -0.361. The maximum atomic E-state index is 11.8. The Bertz CT molecular complexity index is 461. The molecule has 1 rings (SSSR count). The van der Waals surface area contributed by atoms with Crippen molar-refractivity contribution in [1.29, 1.82) is 0 Å². The number of nitrogens with zero attached hydrogens (tertiary/aromatic N) is 2. The fourth-order valence-electron chi connectivity index (χ4n) is 1.09. The molecule has 0 aliphatic heterocycles. The van der Waals surface area contributed by atoms with E-state index in [-0.39, 0.29) is 5.91 Å². The van der Waals surface area contributed by atoms with Crippen LogP contribution in [0.4, 0.5) is 0 Å². The van der Waals surface area contributed by atoms with Crippen LogP contribution in [0.1, 0.15) is 10.4 Å². The number of benzene rings is 1. The van der Waals surface area contributed by atoms with Gasteiger partial charge in [0.15, 0.2) is 0 Å². The van der Waals surface area contributed by atoms with Gasteiger partial charge < -0.3 is 9.64 Å². The number of carbonyl (C=O) groups excluding carboxylic acids is 1. The summed E-state index contributed by atoms with van der Waals surface area (Å²) in [5, 5.41) is 0.438. The molecule has 0 fully saturated rings. The summed E-state index contributed by atoms with van der Waals surface area (Å²) in [5.74, 6) is 0.0822. The van der Waals surface area contributed by atoms with Crippen LogP contribution in [0.15, 0.2) is 21.6 Å². The highest BCUT2D eigenvalue weighted by atomic mass is 79.9. The third-order valence-corrected chi connectivity index (χ3v) is 2.83. The number of amides is 1. The van der Waals surface area contributed by atoms with Crippen molar-refractivity contribution in [2.45, 2.75) is 0 Å². The quantitative estimate of drug-likeness (QED) is 0.635. The van der Waals surface area contributed by atoms with Crippen molar-refractivity contribution in [1.82, 2.24) is 4.90 Å². The average Bonchev–Trinajstić information content (AvgIpc) is 2.26. The maximum Gasteiger partial charge on any atom is 0.279 e. The molecule has 0 radical (unpaired) electrons. The van der Waals surface area contributed by atoms with Crippen molar-refractivity contribution in [3.8, 4) is 5.75 Å². The second-order valence-corrected chi connectivity index (χ2v) is 4.74. The van der Waals surface area contributed by atoms with Gasteiger partial charge in [-0.2, -0.15) is 4.99 Å². The van der Waals surface area contributed by atoms with Crippen LogP contribution in [-0.4, -0.2) is 38.4 Å². The molecule has 0 bridgehead atoms. The van der Waals surface area contributed by atoms with Crippen LogP contribution in [0, 0.1) is 0 Å². The van der Waals surface area contributed by atoms with Crippen molar-refractivity contribution >= 4 is 39.8 Å². The predicted octanol–water partition coefficient (Wildman–Crippen LogP) is 2.84. The number of hydrogen-bond donors (Lipinski definition) is 0. The van der Waals surface area contributed by atoms with E-state index in [1.54, 1.807) is 31.1 Å². The minimum Gasteiger partial charge on any atom is -0.495 e. The SMILES string of the molecule is COc1cc(C(=O)N=CN(C)C)c(Br)cc1Cl. The molecule has 17 heavy (non-hydrogen) atoms. The first kappa shape index (κ1) is 14.0. The number of rotatable bonds is 3. The van der Waals surface area contributed by atoms with Crippen molar-refractivity contribution < 1.29 is 9.53 Å². The van der Waals surface area contributed by atoms with Crippen LogP contribution in [0.2, 0.25) is 5.02 Å². The third kappa shape index (κ3) is 3.71. The average molecular weight is 320 g/mol. The molecule has 92 valence electrons. The summed E-state index contributed by atoms with van der Waals surface area (Å²) in [7, 11) is 5.06. The Hall–Kier alpha value is -1.07. The van der Waals surface area contributed by atoms with Gasteiger partial charge in [0.05, 0.1) is 24.0 Å². The number of hydrogen-bond acceptors (Lipinski definition) is 2. The van der Waals surface area contributed by atoms with Crippen LogP contribution in [0.25, 0.3) is 0 Å². The Kier molecular flexibility index (Phi) is 4.96. The Morgan fingerprint density at radius 1 is 1.53 bits per heavy atom. The normalized spacial score (nSPS) is 10.6. The molecular formula is C11H12BrClN2O2. The molecule has 0 atom stereocenters. The van der Waals surface area contributed by atoms with Crippen molar-refractivity contribution in [2.24, 2.45) is 4.99 Å². The highest BCUT2D eigenvalue weighted by Crippen LogP contribution is 2.31. The van der Waals surface area contributed by atoms with Gasteiger partial charge >= 0.3 is 0 Å². The maximum absolute atomic E-state index is 11.8. The van der Waals surface area contributed by atoms with Crippen LogP contribution in [-0.2, 0) is 0 Å². The molecule has 6 heteroatoms. The van der Waals surface area contributed by atoms with E-state index in [9.17, 15) is 4.79 Å². The van der Waals surface area contributed by atoms with Crippen LogP contribution < -0.4 is 4.74 Å². The first-order valence-corrected chi connectivity index (χ1v) is 5.90. The van der Waals surface area contributed by atoms with E-state index in [0.29, 0.717) is 20.8 Å². The number of ether oxygens (including phenoxy) is 1. The molecule has 0 saturated carbocycles. The van der Waals surface area contributed by atoms with E-state index in [1.165, 1.54) is 13.4 Å². The molecule has 1 aromatic carbocycles. The molecule has 4 nitrogen and oxygen atoms in total. The molecule has 0 heterocycles. The van der Waals surface area contributed by atoms with E-state index >= 15 is 0 Å². The standard InChI is InChI=1S/C11H12BrClN2O2/c1-15(2)6-14-11(16)7-4-10(17-3)9(13)5-8(7)12/h4-6H,1-3H3. The zero-order valence-electron chi connectivity index (χ0n) is 9.70. The van der Waals surface area contributed by atoms with Crippen LogP contribution >= 0.6 is 27.5 Å². The molecule has 0 aliphatic rings. The van der Waals surface area contributed by atoms with Gasteiger partial charge in [-0.05, 0) is 28.1 Å². The lowest BCUT2D eigenvalue weighted by molar-refractivity contribution is 0.100. The Morgan fingerprint density at radius 3 is 2.71 bits per heavy atom. The van der Waals surface area contributed by atoms with E-state index in [2.05, 4.69) is 20.9 Å². The number of methoxy groups -OCH3 is 1. The molecule has 0 spiro atoms. The zero-order chi connectivity index (χ0) is 13.0. The smallest absolute Gasteiger partial charge is 0.279 e. The van der Waals surface area contributed by atoms with Gasteiger partial charge in [-0.25, -0.2) is 0 Å². The third-order valence-electron chi connectivity index (χ3n) is 1.88. The summed E-state index contributed by atoms with van der Waals surface area (Å²) >= 11 is 9.19. The lowest BCUT2D eigenvalue weighted by atomic mass is 10.2. The molecule has 0 unspecified atom stereocenters. The monoisotopic (exact) mass is 318 g/mol. The number of halogens is 2. The van der Waals surface area contributed by atoms with Crippen molar-refractivity contribution in [3.05, 3.63) is 27.2 Å². The fourth-order valence-corrected chi connectivity index (χ4v) is 1.97. The topological polar surface area (TPSA) is 41.9 Å². The summed E-state index contributed by atoms with van der Waals surface area (Å²) in [6, 6.07) is 3.17. The van der Waals surface area contributed by atoms with Gasteiger partial charge in [-0.3, -0.25) is 4.79 Å². The van der Waals surface area contributed by atoms with Gasteiger partial charge in [-0.15, -0.1) is 0 Å². The lowest BCUT2D eigenvalue weighted by Gasteiger charge is -2.07. The Balaban J connectivity index is 3.09. The number of carbonyl (C=O) groups is 1. The largest absolute Gasteiger partial charge is 0.495 e. The molecule has 0 aliphatic carbocycles. The van der Waals surface area contributed by atoms with Crippen LogP contribution in [0.5, 0.6) is 5.75 Å². The molecule has 1 amide bonds. The van der Waals surface area contributed by atoms with E-state index < -0.39 is 0 Å². The van der Waals surface area contributed by atoms with Crippen molar-refractivity contribution in [2.75, 3.05) is 21.2 Å². The minimum absolute atomic E-state index is 0.361. The highest BCUT2D eigenvalue weighted by Gasteiger charge is 2.13. The molecule has 1 aromatic rings. The highest BCUT2D eigenvalue weighted by molar-refractivity contribution is 9.10. The van der Waals surface area contributed by atoms with E-state index in [1.807, 2.05) is 0 Å². The fraction of sp³-hybridized carbons (Fsp3) is 0.273. The van der Waals surface area contributed by atoms with Gasteiger partial charge in [0, 0.05) is 18.6 Å². The predicted molar refractivity (Wildman–Crippen MR) is 72.2 cm³/mol. The zero-order valence-corrected chi connectivity index (χ0v) is 12.0. The lowest BCUT2D eigenvalue weighted by Crippen LogP contribution is -2.10. The molecular weight excluding hydrogens is 307 g/mol. The summed E-state index contributed by atoms with van der Waals surface area (Å²) in [4.78, 5) is 17.3.